The SMILES string of the molecule is CC(CNC(=O)N1CC(C)C(C(=O)O)C1)C1CC1. The first-order chi connectivity index (χ1) is 8.49. The van der Waals surface area contributed by atoms with Gasteiger partial charge in [-0.3, -0.25) is 4.79 Å². The van der Waals surface area contributed by atoms with E-state index in [1.54, 1.807) is 4.90 Å². The van der Waals surface area contributed by atoms with Gasteiger partial charge in [0.1, 0.15) is 0 Å². The molecular formula is C13H22N2O3. The first kappa shape index (κ1) is 13.2. The van der Waals surface area contributed by atoms with Gasteiger partial charge in [0.05, 0.1) is 5.92 Å². The van der Waals surface area contributed by atoms with Gasteiger partial charge in [-0.1, -0.05) is 13.8 Å². The van der Waals surface area contributed by atoms with Gasteiger partial charge >= 0.3 is 12.0 Å². The van der Waals surface area contributed by atoms with Gasteiger partial charge in [0.15, 0.2) is 0 Å². The van der Waals surface area contributed by atoms with Crippen molar-refractivity contribution in [3.63, 3.8) is 0 Å². The standard InChI is InChI=1S/C13H22N2O3/c1-8(10-3-4-10)5-14-13(18)15-6-9(2)11(7-15)12(16)17/h8-11H,3-7H2,1-2H3,(H,14,18)(H,16,17). The molecule has 2 aliphatic rings. The van der Waals surface area contributed by atoms with Crippen molar-refractivity contribution in [1.29, 1.82) is 0 Å². The molecule has 2 amide bonds. The molecule has 3 unspecified atom stereocenters. The molecule has 18 heavy (non-hydrogen) atoms. The number of urea groups is 1. The van der Waals surface area contributed by atoms with E-state index < -0.39 is 11.9 Å². The van der Waals surface area contributed by atoms with Gasteiger partial charge in [-0.05, 0) is 30.6 Å². The average molecular weight is 254 g/mol. The molecule has 5 nitrogen and oxygen atoms in total. The van der Waals surface area contributed by atoms with Gasteiger partial charge in [0.25, 0.3) is 0 Å². The van der Waals surface area contributed by atoms with E-state index >= 15 is 0 Å². The van der Waals surface area contributed by atoms with Crippen LogP contribution in [0.3, 0.4) is 0 Å². The van der Waals surface area contributed by atoms with Crippen molar-refractivity contribution in [2.45, 2.75) is 26.7 Å². The number of carboxylic acids is 1. The van der Waals surface area contributed by atoms with Crippen LogP contribution < -0.4 is 5.32 Å². The van der Waals surface area contributed by atoms with E-state index in [0.29, 0.717) is 25.6 Å². The molecule has 0 bridgehead atoms. The summed E-state index contributed by atoms with van der Waals surface area (Å²) in [5.74, 6) is 0.119. The molecule has 0 radical (unpaired) electrons. The van der Waals surface area contributed by atoms with Gasteiger partial charge in [0.2, 0.25) is 0 Å². The largest absolute Gasteiger partial charge is 0.481 e. The van der Waals surface area contributed by atoms with Crippen LogP contribution in [0.4, 0.5) is 4.79 Å². The Bertz CT molecular complexity index is 341. The third-order valence-corrected chi connectivity index (χ3v) is 4.22. The van der Waals surface area contributed by atoms with Crippen molar-refractivity contribution in [2.75, 3.05) is 19.6 Å². The first-order valence-electron chi connectivity index (χ1n) is 6.74. The fourth-order valence-corrected chi connectivity index (χ4v) is 2.65. The molecule has 1 aliphatic heterocycles. The predicted molar refractivity (Wildman–Crippen MR) is 67.1 cm³/mol. The lowest BCUT2D eigenvalue weighted by molar-refractivity contribution is -0.142. The number of likely N-dealkylation sites (tertiary alicyclic amines) is 1. The Kier molecular flexibility index (Phi) is 3.78. The van der Waals surface area contributed by atoms with Crippen LogP contribution in [0.1, 0.15) is 26.7 Å². The number of nitrogens with one attached hydrogen (secondary N) is 1. The molecular weight excluding hydrogens is 232 g/mol. The van der Waals surface area contributed by atoms with Crippen molar-refractivity contribution in [1.82, 2.24) is 10.2 Å². The number of carbonyl (C=O) groups is 2. The Hall–Kier alpha value is -1.26. The summed E-state index contributed by atoms with van der Waals surface area (Å²) in [5.41, 5.74) is 0. The first-order valence-corrected chi connectivity index (χ1v) is 6.74. The summed E-state index contributed by atoms with van der Waals surface area (Å²) < 4.78 is 0. The van der Waals surface area contributed by atoms with E-state index in [-0.39, 0.29) is 11.9 Å². The highest BCUT2D eigenvalue weighted by molar-refractivity contribution is 5.77. The molecule has 1 saturated carbocycles. The molecule has 1 heterocycles. The Balaban J connectivity index is 1.77. The smallest absolute Gasteiger partial charge is 0.317 e. The fraction of sp³-hybridized carbons (Fsp3) is 0.846. The van der Waals surface area contributed by atoms with Crippen molar-refractivity contribution < 1.29 is 14.7 Å². The van der Waals surface area contributed by atoms with E-state index in [1.165, 1.54) is 12.8 Å². The number of hydrogen-bond donors (Lipinski definition) is 2. The van der Waals surface area contributed by atoms with Crippen molar-refractivity contribution in [3.8, 4) is 0 Å². The van der Waals surface area contributed by atoms with Gasteiger partial charge < -0.3 is 15.3 Å². The molecule has 2 rings (SSSR count). The van der Waals surface area contributed by atoms with Gasteiger partial charge in [-0.15, -0.1) is 0 Å². The van der Waals surface area contributed by atoms with Gasteiger partial charge in [0, 0.05) is 19.6 Å². The van der Waals surface area contributed by atoms with Crippen LogP contribution in [0.25, 0.3) is 0 Å². The Morgan fingerprint density at radius 3 is 2.56 bits per heavy atom. The lowest BCUT2D eigenvalue weighted by Gasteiger charge is -2.19. The molecule has 1 saturated heterocycles. The monoisotopic (exact) mass is 254 g/mol. The summed E-state index contributed by atoms with van der Waals surface area (Å²) in [6.45, 7) is 5.62. The molecule has 5 heteroatoms. The summed E-state index contributed by atoms with van der Waals surface area (Å²) in [6.07, 6.45) is 2.55. The molecule has 2 N–H and O–H groups in total. The molecule has 1 aliphatic carbocycles. The zero-order chi connectivity index (χ0) is 13.3. The molecule has 3 atom stereocenters. The quantitative estimate of drug-likeness (QED) is 0.796. The molecule has 0 aromatic rings. The number of carbonyl (C=O) groups excluding carboxylic acids is 1. The zero-order valence-electron chi connectivity index (χ0n) is 11.1. The van der Waals surface area contributed by atoms with E-state index in [1.807, 2.05) is 6.92 Å². The van der Waals surface area contributed by atoms with Crippen LogP contribution in [0.15, 0.2) is 0 Å². The highest BCUT2D eigenvalue weighted by Crippen LogP contribution is 2.36. The Morgan fingerprint density at radius 1 is 1.39 bits per heavy atom. The summed E-state index contributed by atoms with van der Waals surface area (Å²) in [6, 6.07) is -0.113. The highest BCUT2D eigenvalue weighted by Gasteiger charge is 2.37. The molecule has 0 aromatic heterocycles. The normalized spacial score (nSPS) is 29.1. The van der Waals surface area contributed by atoms with Crippen LogP contribution in [-0.4, -0.2) is 41.6 Å². The maximum Gasteiger partial charge on any atom is 0.317 e. The van der Waals surface area contributed by atoms with Crippen molar-refractivity contribution in [2.24, 2.45) is 23.7 Å². The average Bonchev–Trinajstić information content (AvgIpc) is 3.08. The van der Waals surface area contributed by atoms with Crippen LogP contribution in [0, 0.1) is 23.7 Å². The fourth-order valence-electron chi connectivity index (χ4n) is 2.65. The molecule has 102 valence electrons. The maximum absolute atomic E-state index is 11.9. The predicted octanol–water partition coefficient (Wildman–Crippen LogP) is 1.39. The van der Waals surface area contributed by atoms with Gasteiger partial charge in [-0.25, -0.2) is 4.79 Å². The number of amides is 2. The number of aliphatic carboxylic acids is 1. The van der Waals surface area contributed by atoms with Crippen molar-refractivity contribution >= 4 is 12.0 Å². The van der Waals surface area contributed by atoms with E-state index in [4.69, 9.17) is 5.11 Å². The summed E-state index contributed by atoms with van der Waals surface area (Å²) in [4.78, 5) is 24.5. The van der Waals surface area contributed by atoms with Crippen molar-refractivity contribution in [3.05, 3.63) is 0 Å². The second-order valence-electron chi connectivity index (χ2n) is 5.83. The Labute approximate surface area is 108 Å². The number of hydrogen-bond acceptors (Lipinski definition) is 2. The number of rotatable bonds is 4. The summed E-state index contributed by atoms with van der Waals surface area (Å²) in [7, 11) is 0. The second-order valence-corrected chi connectivity index (χ2v) is 5.83. The zero-order valence-corrected chi connectivity index (χ0v) is 11.1. The minimum absolute atomic E-state index is 0.0362. The van der Waals surface area contributed by atoms with E-state index in [9.17, 15) is 9.59 Å². The summed E-state index contributed by atoms with van der Waals surface area (Å²) in [5, 5.41) is 11.9. The molecule has 0 aromatic carbocycles. The topological polar surface area (TPSA) is 69.6 Å². The van der Waals surface area contributed by atoms with Crippen LogP contribution in [0.2, 0.25) is 0 Å². The lowest BCUT2D eigenvalue weighted by atomic mass is 9.99. The highest BCUT2D eigenvalue weighted by atomic mass is 16.4. The van der Waals surface area contributed by atoms with Crippen LogP contribution in [-0.2, 0) is 4.79 Å². The number of nitrogens with zero attached hydrogens (tertiary/aromatic N) is 1. The van der Waals surface area contributed by atoms with E-state index in [0.717, 1.165) is 5.92 Å². The third-order valence-electron chi connectivity index (χ3n) is 4.22. The van der Waals surface area contributed by atoms with Gasteiger partial charge in [-0.2, -0.15) is 0 Å². The minimum Gasteiger partial charge on any atom is -0.481 e. The minimum atomic E-state index is -0.802. The Morgan fingerprint density at radius 2 is 2.06 bits per heavy atom. The third kappa shape index (κ3) is 2.94. The summed E-state index contributed by atoms with van der Waals surface area (Å²) >= 11 is 0. The lowest BCUT2D eigenvalue weighted by Crippen LogP contribution is -2.41. The number of carboxylic acid groups (broad SMARTS) is 1. The van der Waals surface area contributed by atoms with Crippen LogP contribution in [0.5, 0.6) is 0 Å². The van der Waals surface area contributed by atoms with E-state index in [2.05, 4.69) is 12.2 Å². The maximum atomic E-state index is 11.9. The molecule has 0 spiro atoms. The second kappa shape index (κ2) is 5.16. The van der Waals surface area contributed by atoms with Crippen LogP contribution >= 0.6 is 0 Å². The molecule has 2 fully saturated rings.